The Balaban J connectivity index is 1.58. The van der Waals surface area contributed by atoms with E-state index in [2.05, 4.69) is 15.0 Å². The van der Waals surface area contributed by atoms with E-state index >= 15 is 0 Å². The lowest BCUT2D eigenvalue weighted by Gasteiger charge is -2.33. The number of carbonyl (C=O) groups is 1. The topological polar surface area (TPSA) is 94.2 Å². The van der Waals surface area contributed by atoms with Crippen LogP contribution in [0.25, 0.3) is 0 Å². The van der Waals surface area contributed by atoms with Gasteiger partial charge in [-0.2, -0.15) is 0 Å². The minimum Gasteiger partial charge on any atom is -0.372 e. The lowest BCUT2D eigenvalue weighted by Crippen LogP contribution is -2.44. The van der Waals surface area contributed by atoms with E-state index in [-0.39, 0.29) is 18.0 Å². The molecular weight excluding hydrogens is 330 g/mol. The predicted octanol–water partition coefficient (Wildman–Crippen LogP) is 1.82. The summed E-state index contributed by atoms with van der Waals surface area (Å²) in [6.45, 7) is 5.63. The number of nitrogen functional groups attached to an aromatic ring is 1. The number of aromatic nitrogens is 3. The van der Waals surface area contributed by atoms with E-state index in [4.69, 9.17) is 10.5 Å². The SMILES string of the molecule is Cc1nc(N)nc(C)c1CC(=O)N1CCC[C@@H](OCc2cccnc2)C1. The summed E-state index contributed by atoms with van der Waals surface area (Å²) >= 11 is 0. The van der Waals surface area contributed by atoms with Gasteiger partial charge >= 0.3 is 0 Å². The molecule has 1 saturated heterocycles. The minimum absolute atomic E-state index is 0.0535. The van der Waals surface area contributed by atoms with Gasteiger partial charge in [0.2, 0.25) is 11.9 Å². The molecule has 138 valence electrons. The number of rotatable bonds is 5. The first-order valence-electron chi connectivity index (χ1n) is 8.91. The van der Waals surface area contributed by atoms with Crippen molar-refractivity contribution in [1.29, 1.82) is 0 Å². The highest BCUT2D eigenvalue weighted by Crippen LogP contribution is 2.18. The molecule has 1 aliphatic heterocycles. The van der Waals surface area contributed by atoms with Crippen molar-refractivity contribution in [1.82, 2.24) is 19.9 Å². The van der Waals surface area contributed by atoms with Crippen molar-refractivity contribution in [3.8, 4) is 0 Å². The normalized spacial score (nSPS) is 17.3. The third kappa shape index (κ3) is 4.54. The molecular formula is C19H25N5O2. The van der Waals surface area contributed by atoms with Gasteiger partial charge in [0.25, 0.3) is 0 Å². The number of aryl methyl sites for hydroxylation is 2. The molecule has 1 aliphatic rings. The zero-order valence-electron chi connectivity index (χ0n) is 15.3. The maximum atomic E-state index is 12.8. The lowest BCUT2D eigenvalue weighted by molar-refractivity contribution is -0.134. The molecule has 1 fully saturated rings. The fraction of sp³-hybridized carbons (Fsp3) is 0.474. The van der Waals surface area contributed by atoms with Crippen LogP contribution in [0, 0.1) is 13.8 Å². The van der Waals surface area contributed by atoms with Gasteiger partial charge in [0.1, 0.15) is 0 Å². The fourth-order valence-corrected chi connectivity index (χ4v) is 3.28. The molecule has 0 aliphatic carbocycles. The van der Waals surface area contributed by atoms with E-state index in [1.165, 1.54) is 0 Å². The number of amides is 1. The van der Waals surface area contributed by atoms with Crippen LogP contribution in [-0.4, -0.2) is 45.0 Å². The molecule has 0 radical (unpaired) electrons. The Hall–Kier alpha value is -2.54. The highest BCUT2D eigenvalue weighted by atomic mass is 16.5. The predicted molar refractivity (Wildman–Crippen MR) is 98.3 cm³/mol. The van der Waals surface area contributed by atoms with Crippen LogP contribution in [0.15, 0.2) is 24.5 Å². The second kappa shape index (κ2) is 8.23. The van der Waals surface area contributed by atoms with Crippen LogP contribution in [0.3, 0.4) is 0 Å². The maximum Gasteiger partial charge on any atom is 0.227 e. The lowest BCUT2D eigenvalue weighted by atomic mass is 10.0. The molecule has 1 atom stereocenters. The number of likely N-dealkylation sites (tertiary alicyclic amines) is 1. The minimum atomic E-state index is 0.0535. The first-order valence-corrected chi connectivity index (χ1v) is 8.91. The van der Waals surface area contributed by atoms with Crippen molar-refractivity contribution in [3.63, 3.8) is 0 Å². The highest BCUT2D eigenvalue weighted by molar-refractivity contribution is 5.79. The van der Waals surface area contributed by atoms with Gasteiger partial charge in [0.05, 0.1) is 19.1 Å². The van der Waals surface area contributed by atoms with Crippen LogP contribution in [0.4, 0.5) is 5.95 Å². The van der Waals surface area contributed by atoms with Gasteiger partial charge in [-0.25, -0.2) is 9.97 Å². The summed E-state index contributed by atoms with van der Waals surface area (Å²) in [6, 6.07) is 3.89. The fourth-order valence-electron chi connectivity index (χ4n) is 3.28. The number of pyridine rings is 1. The van der Waals surface area contributed by atoms with Gasteiger partial charge in [-0.1, -0.05) is 6.07 Å². The quantitative estimate of drug-likeness (QED) is 0.879. The molecule has 3 heterocycles. The summed E-state index contributed by atoms with van der Waals surface area (Å²) < 4.78 is 5.99. The Kier molecular flexibility index (Phi) is 5.78. The zero-order valence-corrected chi connectivity index (χ0v) is 15.3. The molecule has 3 rings (SSSR count). The Bertz CT molecular complexity index is 743. The number of piperidine rings is 1. The standard InChI is InChI=1S/C19H25N5O2/c1-13-17(14(2)23-19(20)22-13)9-18(25)24-8-4-6-16(11-24)26-12-15-5-3-7-21-10-15/h3,5,7,10,16H,4,6,8-9,11-12H2,1-2H3,(H2,20,22,23)/t16-/m1/s1. The number of hydrogen-bond acceptors (Lipinski definition) is 6. The Morgan fingerprint density at radius 3 is 2.81 bits per heavy atom. The molecule has 2 N–H and O–H groups in total. The molecule has 0 aromatic carbocycles. The average molecular weight is 355 g/mol. The molecule has 0 saturated carbocycles. The summed E-state index contributed by atoms with van der Waals surface area (Å²) in [5.74, 6) is 0.331. The van der Waals surface area contributed by atoms with E-state index in [9.17, 15) is 4.79 Å². The van der Waals surface area contributed by atoms with E-state index in [0.29, 0.717) is 19.6 Å². The first-order chi connectivity index (χ1) is 12.5. The van der Waals surface area contributed by atoms with E-state index in [1.54, 1.807) is 12.4 Å². The smallest absolute Gasteiger partial charge is 0.227 e. The third-order valence-corrected chi connectivity index (χ3v) is 4.71. The molecule has 1 amide bonds. The van der Waals surface area contributed by atoms with Gasteiger partial charge in [0, 0.05) is 42.4 Å². The summed E-state index contributed by atoms with van der Waals surface area (Å²) in [4.78, 5) is 27.1. The van der Waals surface area contributed by atoms with Gasteiger partial charge in [0.15, 0.2) is 0 Å². The van der Waals surface area contributed by atoms with Gasteiger partial charge in [-0.15, -0.1) is 0 Å². The molecule has 2 aromatic rings. The molecule has 26 heavy (non-hydrogen) atoms. The second-order valence-electron chi connectivity index (χ2n) is 6.68. The van der Waals surface area contributed by atoms with Crippen LogP contribution in [0.1, 0.15) is 35.4 Å². The molecule has 7 heteroatoms. The summed E-state index contributed by atoms with van der Waals surface area (Å²) in [5.41, 5.74) is 9.11. The van der Waals surface area contributed by atoms with Crippen LogP contribution < -0.4 is 5.73 Å². The maximum absolute atomic E-state index is 12.8. The van der Waals surface area contributed by atoms with Gasteiger partial charge in [-0.3, -0.25) is 9.78 Å². The number of ether oxygens (including phenoxy) is 1. The summed E-state index contributed by atoms with van der Waals surface area (Å²) in [6.07, 6.45) is 5.81. The number of anilines is 1. The van der Waals surface area contributed by atoms with E-state index in [0.717, 1.165) is 41.9 Å². The Morgan fingerprint density at radius 2 is 2.12 bits per heavy atom. The van der Waals surface area contributed by atoms with Crippen LogP contribution >= 0.6 is 0 Å². The van der Waals surface area contributed by atoms with Crippen molar-refractivity contribution in [2.24, 2.45) is 0 Å². The van der Waals surface area contributed by atoms with E-state index in [1.807, 2.05) is 30.9 Å². The van der Waals surface area contributed by atoms with Crippen molar-refractivity contribution in [2.75, 3.05) is 18.8 Å². The second-order valence-corrected chi connectivity index (χ2v) is 6.68. The monoisotopic (exact) mass is 355 g/mol. The van der Waals surface area contributed by atoms with Gasteiger partial charge < -0.3 is 15.4 Å². The van der Waals surface area contributed by atoms with Crippen molar-refractivity contribution >= 4 is 11.9 Å². The zero-order chi connectivity index (χ0) is 18.5. The number of hydrogen-bond donors (Lipinski definition) is 1. The van der Waals surface area contributed by atoms with Crippen molar-refractivity contribution < 1.29 is 9.53 Å². The number of nitrogens with two attached hydrogens (primary N) is 1. The highest BCUT2D eigenvalue weighted by Gasteiger charge is 2.25. The van der Waals surface area contributed by atoms with Crippen LogP contribution in [0.2, 0.25) is 0 Å². The number of carbonyl (C=O) groups excluding carboxylic acids is 1. The molecule has 2 aromatic heterocycles. The third-order valence-electron chi connectivity index (χ3n) is 4.71. The Morgan fingerprint density at radius 1 is 1.35 bits per heavy atom. The molecule has 7 nitrogen and oxygen atoms in total. The van der Waals surface area contributed by atoms with Crippen molar-refractivity contribution in [2.45, 2.75) is 45.8 Å². The summed E-state index contributed by atoms with van der Waals surface area (Å²) in [7, 11) is 0. The molecule has 0 spiro atoms. The first kappa shape index (κ1) is 18.3. The molecule has 0 bridgehead atoms. The molecule has 0 unspecified atom stereocenters. The van der Waals surface area contributed by atoms with Crippen LogP contribution in [0.5, 0.6) is 0 Å². The van der Waals surface area contributed by atoms with Crippen LogP contribution in [-0.2, 0) is 22.6 Å². The van der Waals surface area contributed by atoms with E-state index < -0.39 is 0 Å². The largest absolute Gasteiger partial charge is 0.372 e. The Labute approximate surface area is 153 Å². The number of nitrogens with zero attached hydrogens (tertiary/aromatic N) is 4. The summed E-state index contributed by atoms with van der Waals surface area (Å²) in [5, 5.41) is 0. The van der Waals surface area contributed by atoms with Crippen molar-refractivity contribution in [3.05, 3.63) is 47.0 Å². The van der Waals surface area contributed by atoms with Gasteiger partial charge in [-0.05, 0) is 38.3 Å². The average Bonchev–Trinajstić information content (AvgIpc) is 2.64.